The van der Waals surface area contributed by atoms with Gasteiger partial charge < -0.3 is 14.2 Å². The molecule has 0 aliphatic carbocycles. The van der Waals surface area contributed by atoms with Gasteiger partial charge in [-0.1, -0.05) is 25.9 Å². The summed E-state index contributed by atoms with van der Waals surface area (Å²) in [6, 6.07) is 11.2. The molecule has 8 nitrogen and oxygen atoms in total. The molecule has 1 fully saturated rings. The van der Waals surface area contributed by atoms with Gasteiger partial charge in [-0.3, -0.25) is 4.68 Å². The van der Waals surface area contributed by atoms with Gasteiger partial charge in [-0.15, -0.1) is 13.2 Å². The molecule has 4 heterocycles. The first-order valence-corrected chi connectivity index (χ1v) is 12.9. The summed E-state index contributed by atoms with van der Waals surface area (Å²) < 4.78 is 48.4. The van der Waals surface area contributed by atoms with Crippen molar-refractivity contribution >= 4 is 5.82 Å². The highest BCUT2D eigenvalue weighted by molar-refractivity contribution is 5.59. The molecular formula is C28H31F3N6O2. The molecule has 206 valence electrons. The summed E-state index contributed by atoms with van der Waals surface area (Å²) in [5, 5.41) is 8.62. The number of ether oxygens (including phenoxy) is 1. The Morgan fingerprint density at radius 3 is 2.41 bits per heavy atom. The fourth-order valence-electron chi connectivity index (χ4n) is 4.90. The zero-order valence-electron chi connectivity index (χ0n) is 22.4. The van der Waals surface area contributed by atoms with Crippen molar-refractivity contribution in [3.05, 3.63) is 59.9 Å². The summed E-state index contributed by atoms with van der Waals surface area (Å²) in [4.78, 5) is 11.4. The lowest BCUT2D eigenvalue weighted by atomic mass is 9.75. The Hall–Kier alpha value is -3.89. The third-order valence-corrected chi connectivity index (χ3v) is 7.16. The highest BCUT2D eigenvalue weighted by Crippen LogP contribution is 2.35. The highest BCUT2D eigenvalue weighted by atomic mass is 19.4. The second-order valence-corrected chi connectivity index (χ2v) is 11.0. The minimum Gasteiger partial charge on any atom is -0.406 e. The second-order valence-electron chi connectivity index (χ2n) is 11.0. The van der Waals surface area contributed by atoms with Crippen LogP contribution in [0.2, 0.25) is 0 Å². The third-order valence-electron chi connectivity index (χ3n) is 7.16. The van der Waals surface area contributed by atoms with E-state index in [4.69, 9.17) is 4.52 Å². The van der Waals surface area contributed by atoms with Gasteiger partial charge in [0.1, 0.15) is 11.6 Å². The Bertz CT molecular complexity index is 1410. The molecule has 0 saturated carbocycles. The molecule has 0 unspecified atom stereocenters. The van der Waals surface area contributed by atoms with E-state index >= 15 is 0 Å². The number of hydrogen-bond donors (Lipinski definition) is 0. The van der Waals surface area contributed by atoms with Gasteiger partial charge in [0.25, 0.3) is 5.89 Å². The molecule has 4 aromatic rings. The molecule has 5 rings (SSSR count). The van der Waals surface area contributed by atoms with Crippen LogP contribution in [0.5, 0.6) is 5.75 Å². The van der Waals surface area contributed by atoms with Gasteiger partial charge in [0.05, 0.1) is 6.54 Å². The molecule has 0 atom stereocenters. The average Bonchev–Trinajstić information content (AvgIpc) is 3.51. The van der Waals surface area contributed by atoms with Gasteiger partial charge in [-0.2, -0.15) is 10.1 Å². The zero-order valence-corrected chi connectivity index (χ0v) is 22.4. The molecule has 1 aliphatic heterocycles. The van der Waals surface area contributed by atoms with E-state index in [0.29, 0.717) is 23.2 Å². The summed E-state index contributed by atoms with van der Waals surface area (Å²) >= 11 is 0. The van der Waals surface area contributed by atoms with Crippen molar-refractivity contribution in [3.63, 3.8) is 0 Å². The van der Waals surface area contributed by atoms with Crippen molar-refractivity contribution in [1.29, 1.82) is 0 Å². The molecule has 1 aliphatic rings. The maximum Gasteiger partial charge on any atom is 0.573 e. The summed E-state index contributed by atoms with van der Waals surface area (Å²) in [5.41, 5.74) is 3.34. The first kappa shape index (κ1) is 26.7. The molecule has 1 aromatic carbocycles. The molecule has 3 aromatic heterocycles. The van der Waals surface area contributed by atoms with Crippen LogP contribution in [0.15, 0.2) is 53.2 Å². The van der Waals surface area contributed by atoms with Crippen LogP contribution in [0, 0.1) is 18.3 Å². The van der Waals surface area contributed by atoms with Crippen molar-refractivity contribution in [2.24, 2.45) is 11.3 Å². The lowest BCUT2D eigenvalue weighted by Crippen LogP contribution is -2.38. The largest absolute Gasteiger partial charge is 0.573 e. The lowest BCUT2D eigenvalue weighted by molar-refractivity contribution is -0.274. The molecule has 0 N–H and O–H groups in total. The van der Waals surface area contributed by atoms with Gasteiger partial charge in [0, 0.05) is 30.5 Å². The molecule has 39 heavy (non-hydrogen) atoms. The number of rotatable bonds is 6. The smallest absolute Gasteiger partial charge is 0.406 e. The van der Waals surface area contributed by atoms with E-state index < -0.39 is 6.36 Å². The SMILES string of the molecule is Cc1cc(-c2nc(-c3ccc(OC(F)(F)F)cc3)no2)nn1Cc1ccnc(N2CCC(C(C)(C)C)CC2)c1. The van der Waals surface area contributed by atoms with Gasteiger partial charge in [0.15, 0.2) is 5.69 Å². The van der Waals surface area contributed by atoms with Crippen LogP contribution in [0.3, 0.4) is 0 Å². The molecule has 1 saturated heterocycles. The Labute approximate surface area is 224 Å². The van der Waals surface area contributed by atoms with Crippen molar-refractivity contribution < 1.29 is 22.4 Å². The summed E-state index contributed by atoms with van der Waals surface area (Å²) in [5.74, 6) is 1.84. The Balaban J connectivity index is 1.26. The lowest BCUT2D eigenvalue weighted by Gasteiger charge is -2.39. The van der Waals surface area contributed by atoms with Crippen LogP contribution < -0.4 is 9.64 Å². The van der Waals surface area contributed by atoms with Gasteiger partial charge >= 0.3 is 6.36 Å². The fourth-order valence-corrected chi connectivity index (χ4v) is 4.90. The number of alkyl halides is 3. The number of hydrogen-bond acceptors (Lipinski definition) is 7. The van der Waals surface area contributed by atoms with Crippen LogP contribution in [0.25, 0.3) is 23.0 Å². The van der Waals surface area contributed by atoms with Gasteiger partial charge in [-0.05, 0) is 79.1 Å². The van der Waals surface area contributed by atoms with E-state index in [2.05, 4.69) is 56.7 Å². The highest BCUT2D eigenvalue weighted by Gasteiger charge is 2.31. The van der Waals surface area contributed by atoms with E-state index in [9.17, 15) is 13.2 Å². The Morgan fingerprint density at radius 1 is 1.03 bits per heavy atom. The maximum absolute atomic E-state index is 12.4. The van der Waals surface area contributed by atoms with Crippen molar-refractivity contribution in [3.8, 4) is 28.7 Å². The average molecular weight is 541 g/mol. The standard InChI is InChI=1S/C28H31F3N6O2/c1-18-15-23(26-33-25(35-39-26)20-5-7-22(8-6-20)38-28(29,30)31)34-37(18)17-19-9-12-32-24(16-19)36-13-10-21(11-14-36)27(2,3)4/h5-9,12,15-16,21H,10-11,13-14,17H2,1-4H3. The van der Waals surface area contributed by atoms with Crippen molar-refractivity contribution in [2.45, 2.75) is 53.4 Å². The van der Waals surface area contributed by atoms with E-state index in [1.54, 1.807) is 0 Å². The monoisotopic (exact) mass is 540 g/mol. The molecule has 0 amide bonds. The first-order chi connectivity index (χ1) is 18.4. The second kappa shape index (κ2) is 10.3. The van der Waals surface area contributed by atoms with Crippen molar-refractivity contribution in [2.75, 3.05) is 18.0 Å². The van der Waals surface area contributed by atoms with E-state index in [-0.39, 0.29) is 17.5 Å². The minimum absolute atomic E-state index is 0.222. The molecule has 11 heteroatoms. The Morgan fingerprint density at radius 2 is 1.74 bits per heavy atom. The third kappa shape index (κ3) is 6.40. The first-order valence-electron chi connectivity index (χ1n) is 12.9. The van der Waals surface area contributed by atoms with Crippen LogP contribution in [-0.4, -0.2) is 44.4 Å². The van der Waals surface area contributed by atoms with Crippen molar-refractivity contribution in [1.82, 2.24) is 24.9 Å². The van der Waals surface area contributed by atoms with Crippen LogP contribution in [0.1, 0.15) is 44.9 Å². The predicted octanol–water partition coefficient (Wildman–Crippen LogP) is 6.51. The summed E-state index contributed by atoms with van der Waals surface area (Å²) in [6.07, 6.45) is -0.586. The number of pyridine rings is 1. The summed E-state index contributed by atoms with van der Waals surface area (Å²) in [6.45, 7) is 11.5. The van der Waals surface area contributed by atoms with E-state index in [1.807, 2.05) is 29.9 Å². The van der Waals surface area contributed by atoms with Crippen LogP contribution >= 0.6 is 0 Å². The van der Waals surface area contributed by atoms with E-state index in [1.165, 1.54) is 24.3 Å². The van der Waals surface area contributed by atoms with Crippen LogP contribution in [0.4, 0.5) is 19.0 Å². The van der Waals surface area contributed by atoms with Crippen LogP contribution in [-0.2, 0) is 6.54 Å². The quantitative estimate of drug-likeness (QED) is 0.276. The topological polar surface area (TPSA) is 82.1 Å². The number of anilines is 1. The normalized spacial score (nSPS) is 15.1. The molecule has 0 radical (unpaired) electrons. The number of nitrogens with zero attached hydrogens (tertiary/aromatic N) is 6. The van der Waals surface area contributed by atoms with E-state index in [0.717, 1.165) is 48.9 Å². The molecule has 0 spiro atoms. The number of aromatic nitrogens is 5. The predicted molar refractivity (Wildman–Crippen MR) is 140 cm³/mol. The number of aryl methyl sites for hydroxylation is 1. The van der Waals surface area contributed by atoms with Gasteiger partial charge in [-0.25, -0.2) is 4.98 Å². The van der Waals surface area contributed by atoms with Gasteiger partial charge in [0.2, 0.25) is 5.82 Å². The maximum atomic E-state index is 12.4. The number of piperidine rings is 1. The number of halogens is 3. The fraction of sp³-hybridized carbons (Fsp3) is 0.429. The summed E-state index contributed by atoms with van der Waals surface area (Å²) in [7, 11) is 0. The molecular weight excluding hydrogens is 509 g/mol. The minimum atomic E-state index is -4.75. The molecule has 0 bridgehead atoms. The number of benzene rings is 1. The zero-order chi connectivity index (χ0) is 27.8. The Kier molecular flexibility index (Phi) is 7.09.